The normalized spacial score (nSPS) is 50.3. The molecule has 0 spiro atoms. The Morgan fingerprint density at radius 1 is 0.891 bits per heavy atom. The Bertz CT molecular complexity index is 1370. The van der Waals surface area contributed by atoms with Crippen LogP contribution in [0.25, 0.3) is 0 Å². The van der Waals surface area contributed by atoms with Gasteiger partial charge in [0.05, 0.1) is 54.4 Å². The zero-order valence-electron chi connectivity index (χ0n) is 33.1. The van der Waals surface area contributed by atoms with Gasteiger partial charge < -0.3 is 64.2 Å². The van der Waals surface area contributed by atoms with Crippen molar-refractivity contribution in [2.24, 2.45) is 34.5 Å². The maximum atomic E-state index is 12.5. The van der Waals surface area contributed by atoms with Crippen molar-refractivity contribution in [2.45, 2.75) is 191 Å². The summed E-state index contributed by atoms with van der Waals surface area (Å²) >= 11 is 0. The minimum atomic E-state index is -1.06. The van der Waals surface area contributed by atoms with Crippen LogP contribution in [0.1, 0.15) is 105 Å². The van der Waals surface area contributed by atoms with Crippen molar-refractivity contribution in [3.63, 3.8) is 0 Å². The molecule has 7 aliphatic rings. The third kappa shape index (κ3) is 7.59. The number of rotatable bonds is 11. The van der Waals surface area contributed by atoms with Crippen molar-refractivity contribution >= 4 is 5.97 Å². The van der Waals surface area contributed by atoms with Gasteiger partial charge in [0.1, 0.15) is 24.9 Å². The van der Waals surface area contributed by atoms with Crippen LogP contribution in [0.15, 0.2) is 11.6 Å². The zero-order valence-corrected chi connectivity index (χ0v) is 33.1. The molecule has 2 saturated heterocycles. The Labute approximate surface area is 324 Å². The lowest BCUT2D eigenvalue weighted by Crippen LogP contribution is -2.67. The van der Waals surface area contributed by atoms with Gasteiger partial charge in [0, 0.05) is 30.9 Å². The fourth-order valence-corrected chi connectivity index (χ4v) is 12.3. The Morgan fingerprint density at radius 3 is 2.29 bits per heavy atom. The number of fused-ring (bicyclic) bond motifs is 5. The first-order valence-corrected chi connectivity index (χ1v) is 20.9. The molecule has 0 amide bonds. The monoisotopic (exact) mass is 782 g/mol. The van der Waals surface area contributed by atoms with Gasteiger partial charge in [-0.25, -0.2) is 4.79 Å². The van der Waals surface area contributed by atoms with Crippen LogP contribution in [0.3, 0.4) is 0 Å². The third-order valence-electron chi connectivity index (χ3n) is 15.6. The summed E-state index contributed by atoms with van der Waals surface area (Å²) in [5.41, 5.74) is -0.897. The predicted molar refractivity (Wildman–Crippen MR) is 195 cm³/mol. The van der Waals surface area contributed by atoms with Crippen LogP contribution in [0.5, 0.6) is 0 Å². The zero-order chi connectivity index (χ0) is 39.6. The summed E-state index contributed by atoms with van der Waals surface area (Å²) in [6, 6.07) is 0. The van der Waals surface area contributed by atoms with Crippen LogP contribution >= 0.6 is 0 Å². The molecule has 3 heterocycles. The van der Waals surface area contributed by atoms with Crippen molar-refractivity contribution in [2.75, 3.05) is 13.2 Å². The van der Waals surface area contributed by atoms with Crippen LogP contribution < -0.4 is 0 Å². The van der Waals surface area contributed by atoms with Gasteiger partial charge in [-0.1, -0.05) is 13.8 Å². The van der Waals surface area contributed by atoms with Gasteiger partial charge in [-0.3, -0.25) is 0 Å². The molecule has 14 heteroatoms. The molecule has 3 unspecified atom stereocenters. The van der Waals surface area contributed by atoms with Gasteiger partial charge in [-0.15, -0.1) is 0 Å². The van der Waals surface area contributed by atoms with Gasteiger partial charge in [0.2, 0.25) is 0 Å². The van der Waals surface area contributed by atoms with E-state index < -0.39 is 84.6 Å². The molecule has 20 atom stereocenters. The summed E-state index contributed by atoms with van der Waals surface area (Å²) in [7, 11) is 0. The molecular weight excluding hydrogens is 716 g/mol. The lowest BCUT2D eigenvalue weighted by atomic mass is 9.42. The van der Waals surface area contributed by atoms with Crippen molar-refractivity contribution in [3.8, 4) is 0 Å². The summed E-state index contributed by atoms with van der Waals surface area (Å²) < 4.78 is 35.3. The second-order valence-electron chi connectivity index (χ2n) is 18.6. The van der Waals surface area contributed by atoms with Gasteiger partial charge in [0.25, 0.3) is 0 Å². The van der Waals surface area contributed by atoms with Crippen molar-refractivity contribution in [1.29, 1.82) is 0 Å². The van der Waals surface area contributed by atoms with E-state index in [2.05, 4.69) is 6.92 Å². The molecule has 14 nitrogen and oxygen atoms in total. The second kappa shape index (κ2) is 16.1. The molecule has 6 fully saturated rings. The highest BCUT2D eigenvalue weighted by Crippen LogP contribution is 2.70. The molecule has 314 valence electrons. The molecule has 0 aromatic heterocycles. The topological polar surface area (TPSA) is 214 Å². The van der Waals surface area contributed by atoms with Gasteiger partial charge in [-0.05, 0) is 113 Å². The largest absolute Gasteiger partial charge is 0.458 e. The van der Waals surface area contributed by atoms with E-state index in [9.17, 15) is 40.5 Å². The predicted octanol–water partition coefficient (Wildman–Crippen LogP) is 1.85. The Kier molecular flexibility index (Phi) is 12.2. The highest BCUT2D eigenvalue weighted by atomic mass is 16.7. The van der Waals surface area contributed by atoms with Crippen LogP contribution in [0.4, 0.5) is 0 Å². The molecule has 3 aliphatic heterocycles. The third-order valence-corrected chi connectivity index (χ3v) is 15.6. The maximum absolute atomic E-state index is 12.5. The average Bonchev–Trinajstić information content (AvgIpc) is 3.68. The summed E-state index contributed by atoms with van der Waals surface area (Å²) in [6.07, 6.45) is -2.25. The van der Waals surface area contributed by atoms with E-state index in [4.69, 9.17) is 28.4 Å². The quantitative estimate of drug-likeness (QED) is 0.149. The van der Waals surface area contributed by atoms with E-state index >= 15 is 0 Å². The summed E-state index contributed by atoms with van der Waals surface area (Å²) in [4.78, 5) is 11.9. The number of carbonyl (C=O) groups excluding carboxylic acids is 1. The van der Waals surface area contributed by atoms with Gasteiger partial charge in [0.15, 0.2) is 12.6 Å². The first kappa shape index (κ1) is 41.9. The fourth-order valence-electron chi connectivity index (χ4n) is 12.3. The SMILES string of the molecule is C[C@@H](O)C(O[C@H]1C[C@H](O)[C@H](O[C@H]2C[C@H](O)[C@H](O)[C@@H](C)O2)[C@@H](C)O1)[C@@H](O)CCO[C@H]1CC[C@@]2(C)[C@H](CC[C@@H]3[C@@H]2CC(O)[C@]2(C)[C@@H](C4=CC(=O)OC4)CCC32O)C1. The van der Waals surface area contributed by atoms with Crippen LogP contribution in [0, 0.1) is 34.5 Å². The van der Waals surface area contributed by atoms with E-state index in [-0.39, 0.29) is 67.7 Å². The summed E-state index contributed by atoms with van der Waals surface area (Å²) in [6.45, 7) is 9.79. The number of hydrogen-bond acceptors (Lipinski definition) is 14. The standard InChI is InChI=1S/C41H66O14/c1-20(42)37(54-35-18-31(45)38(22(3)53-35)55-34-17-30(44)36(48)21(2)52-34)29(43)10-13-50-25-8-11-39(4)24(15-25)6-7-27-28(39)16-32(46)40(5)26(9-12-41(27,40)49)23-14-33(47)51-19-23/h14,20-22,24-32,34-38,42-46,48-49H,6-13,15-19H2,1-5H3/t20-,21-,22-,24-,25+,26-,27-,28+,29+,30+,31+,32?,34+,35+,36-,37?,38-,39+,40+,41?/m1/s1. The average molecular weight is 783 g/mol. The van der Waals surface area contributed by atoms with Crippen LogP contribution in [0.2, 0.25) is 0 Å². The Balaban J connectivity index is 0.894. The molecule has 4 saturated carbocycles. The van der Waals surface area contributed by atoms with Crippen molar-refractivity contribution in [1.82, 2.24) is 0 Å². The number of carbonyl (C=O) groups is 1. The second-order valence-corrected chi connectivity index (χ2v) is 18.6. The van der Waals surface area contributed by atoms with Crippen molar-refractivity contribution in [3.05, 3.63) is 11.6 Å². The first-order chi connectivity index (χ1) is 26.0. The number of cyclic esters (lactones) is 1. The van der Waals surface area contributed by atoms with E-state index in [0.717, 1.165) is 44.1 Å². The number of hydrogen-bond donors (Lipinski definition) is 7. The van der Waals surface area contributed by atoms with E-state index in [1.165, 1.54) is 6.92 Å². The summed E-state index contributed by atoms with van der Waals surface area (Å²) in [5, 5.41) is 77.2. The van der Waals surface area contributed by atoms with Crippen molar-refractivity contribution < 1.29 is 69.0 Å². The van der Waals surface area contributed by atoms with Crippen LogP contribution in [-0.4, -0.2) is 140 Å². The molecule has 0 radical (unpaired) electrons. The lowest BCUT2D eigenvalue weighted by molar-refractivity contribution is -0.321. The first-order valence-electron chi connectivity index (χ1n) is 20.9. The van der Waals surface area contributed by atoms with E-state index in [1.807, 2.05) is 6.92 Å². The number of ether oxygens (including phenoxy) is 6. The maximum Gasteiger partial charge on any atom is 0.331 e. The fraction of sp³-hybridized carbons (Fsp3) is 0.927. The lowest BCUT2D eigenvalue weighted by Gasteiger charge is -2.65. The minimum absolute atomic E-state index is 0.00688. The molecule has 7 rings (SSSR count). The molecule has 0 aromatic rings. The molecule has 7 N–H and O–H groups in total. The smallest absolute Gasteiger partial charge is 0.331 e. The molecule has 55 heavy (non-hydrogen) atoms. The van der Waals surface area contributed by atoms with Crippen LogP contribution in [-0.2, 0) is 33.2 Å². The molecule has 0 bridgehead atoms. The Morgan fingerprint density at radius 2 is 1.62 bits per heavy atom. The summed E-state index contributed by atoms with van der Waals surface area (Å²) in [5.74, 6) is 0.204. The number of aliphatic hydroxyl groups is 7. The Hall–Kier alpha value is -1.27. The van der Waals surface area contributed by atoms with E-state index in [0.29, 0.717) is 18.8 Å². The van der Waals surface area contributed by atoms with Gasteiger partial charge in [-0.2, -0.15) is 0 Å². The molecule has 0 aromatic carbocycles. The van der Waals surface area contributed by atoms with Gasteiger partial charge >= 0.3 is 5.97 Å². The van der Waals surface area contributed by atoms with E-state index in [1.54, 1.807) is 19.9 Å². The molecular formula is C41H66O14. The number of aliphatic hydroxyl groups excluding tert-OH is 6. The highest BCUT2D eigenvalue weighted by Gasteiger charge is 2.70. The number of esters is 1. The highest BCUT2D eigenvalue weighted by molar-refractivity contribution is 5.85. The molecule has 4 aliphatic carbocycles. The minimum Gasteiger partial charge on any atom is -0.458 e.